The molecule has 0 amide bonds. The van der Waals surface area contributed by atoms with Gasteiger partial charge in [0.05, 0.1) is 0 Å². The van der Waals surface area contributed by atoms with E-state index in [2.05, 4.69) is 10.3 Å². The van der Waals surface area contributed by atoms with Crippen molar-refractivity contribution in [3.05, 3.63) is 0 Å². The minimum atomic E-state index is 0.760. The molecule has 0 aromatic rings. The monoisotopic (exact) mass is 189 g/mol. The lowest BCUT2D eigenvalue weighted by molar-refractivity contribution is 0.664. The van der Waals surface area contributed by atoms with Gasteiger partial charge in [0.15, 0.2) is 10.3 Å². The van der Waals surface area contributed by atoms with Gasteiger partial charge in [0.1, 0.15) is 0 Å². The van der Waals surface area contributed by atoms with E-state index in [1.54, 1.807) is 18.8 Å². The van der Waals surface area contributed by atoms with E-state index in [1.165, 1.54) is 0 Å². The van der Waals surface area contributed by atoms with Crippen molar-refractivity contribution < 1.29 is 0 Å². The number of hydrogen-bond acceptors (Lipinski definition) is 3. The summed E-state index contributed by atoms with van der Waals surface area (Å²) in [4.78, 5) is 6.13. The van der Waals surface area contributed by atoms with Gasteiger partial charge in [-0.3, -0.25) is 9.89 Å². The molecule has 0 aromatic heterocycles. The van der Waals surface area contributed by atoms with Crippen LogP contribution in [0.1, 0.15) is 0 Å². The van der Waals surface area contributed by atoms with Crippen LogP contribution >= 0.6 is 24.0 Å². The Morgan fingerprint density at radius 3 is 3.09 bits per heavy atom. The average molecular weight is 189 g/mol. The van der Waals surface area contributed by atoms with Gasteiger partial charge in [-0.05, 0) is 12.2 Å². The SMILES string of the molecule is CN=C1SCCN1C(=S)NC. The second kappa shape index (κ2) is 3.92. The Bertz CT molecular complexity index is 190. The molecule has 3 nitrogen and oxygen atoms in total. The first-order valence-electron chi connectivity index (χ1n) is 3.38. The van der Waals surface area contributed by atoms with Gasteiger partial charge in [-0.25, -0.2) is 0 Å². The highest BCUT2D eigenvalue weighted by molar-refractivity contribution is 8.14. The maximum Gasteiger partial charge on any atom is 0.174 e. The Balaban J connectivity index is 2.64. The van der Waals surface area contributed by atoms with Gasteiger partial charge in [0, 0.05) is 26.4 Å². The molecule has 1 fully saturated rings. The van der Waals surface area contributed by atoms with Crippen LogP contribution in [0.3, 0.4) is 0 Å². The van der Waals surface area contributed by atoms with Gasteiger partial charge in [-0.2, -0.15) is 0 Å². The van der Waals surface area contributed by atoms with Gasteiger partial charge < -0.3 is 5.32 Å². The Hall–Kier alpha value is -0.290. The molecular formula is C6H11N3S2. The number of thioether (sulfide) groups is 1. The average Bonchev–Trinajstić information content (AvgIpc) is 2.50. The Kier molecular flexibility index (Phi) is 3.14. The quantitative estimate of drug-likeness (QED) is 0.562. The number of hydrogen-bond donors (Lipinski definition) is 1. The smallest absolute Gasteiger partial charge is 0.174 e. The third-order valence-corrected chi connectivity index (χ3v) is 2.90. The summed E-state index contributed by atoms with van der Waals surface area (Å²) < 4.78 is 0. The van der Waals surface area contributed by atoms with Crippen molar-refractivity contribution in [2.45, 2.75) is 0 Å². The van der Waals surface area contributed by atoms with Crippen LogP contribution in [0.4, 0.5) is 0 Å². The second-order valence-corrected chi connectivity index (χ2v) is 3.51. The summed E-state index contributed by atoms with van der Waals surface area (Å²) in [5.74, 6) is 1.08. The normalized spacial score (nSPS) is 20.9. The van der Waals surface area contributed by atoms with Crippen LogP contribution in [0.5, 0.6) is 0 Å². The highest BCUT2D eigenvalue weighted by Gasteiger charge is 2.21. The van der Waals surface area contributed by atoms with Gasteiger partial charge in [-0.1, -0.05) is 11.8 Å². The number of thiocarbonyl (C=S) groups is 1. The fraction of sp³-hybridized carbons (Fsp3) is 0.667. The van der Waals surface area contributed by atoms with Crippen molar-refractivity contribution in [2.24, 2.45) is 4.99 Å². The number of aliphatic imine (C=N–C) groups is 1. The van der Waals surface area contributed by atoms with Gasteiger partial charge in [-0.15, -0.1) is 0 Å². The van der Waals surface area contributed by atoms with Crippen molar-refractivity contribution in [3.8, 4) is 0 Å². The van der Waals surface area contributed by atoms with Crippen molar-refractivity contribution in [1.82, 2.24) is 10.2 Å². The van der Waals surface area contributed by atoms with Crippen molar-refractivity contribution in [2.75, 3.05) is 26.4 Å². The molecule has 0 spiro atoms. The maximum atomic E-state index is 5.08. The fourth-order valence-electron chi connectivity index (χ4n) is 0.910. The number of nitrogens with one attached hydrogen (secondary N) is 1. The van der Waals surface area contributed by atoms with E-state index in [-0.39, 0.29) is 0 Å². The zero-order valence-electron chi connectivity index (χ0n) is 6.63. The zero-order chi connectivity index (χ0) is 8.27. The molecule has 1 aliphatic heterocycles. The predicted octanol–water partition coefficient (Wildman–Crippen LogP) is 0.525. The lowest BCUT2D eigenvalue weighted by atomic mass is 10.6. The first-order valence-corrected chi connectivity index (χ1v) is 4.78. The molecule has 1 aliphatic rings. The van der Waals surface area contributed by atoms with Crippen LogP contribution in [-0.2, 0) is 0 Å². The number of amidine groups is 1. The molecule has 0 atom stereocenters. The third-order valence-electron chi connectivity index (χ3n) is 1.43. The molecule has 62 valence electrons. The molecular weight excluding hydrogens is 178 g/mol. The molecule has 0 aliphatic carbocycles. The number of rotatable bonds is 0. The van der Waals surface area contributed by atoms with E-state index in [1.807, 2.05) is 11.9 Å². The lowest BCUT2D eigenvalue weighted by Crippen LogP contribution is -2.38. The minimum absolute atomic E-state index is 0.760. The molecule has 1 heterocycles. The molecule has 0 saturated carbocycles. The highest BCUT2D eigenvalue weighted by Crippen LogP contribution is 2.17. The zero-order valence-corrected chi connectivity index (χ0v) is 8.26. The van der Waals surface area contributed by atoms with E-state index in [4.69, 9.17) is 12.2 Å². The maximum absolute atomic E-state index is 5.08. The minimum Gasteiger partial charge on any atom is -0.365 e. The van der Waals surface area contributed by atoms with Crippen LogP contribution in [-0.4, -0.2) is 41.6 Å². The number of nitrogens with zero attached hydrogens (tertiary/aromatic N) is 2. The van der Waals surface area contributed by atoms with Crippen molar-refractivity contribution >= 4 is 34.3 Å². The first-order chi connectivity index (χ1) is 5.29. The van der Waals surface area contributed by atoms with E-state index in [9.17, 15) is 0 Å². The highest BCUT2D eigenvalue weighted by atomic mass is 32.2. The summed E-state index contributed by atoms with van der Waals surface area (Å²) in [6.07, 6.45) is 0. The van der Waals surface area contributed by atoms with Crippen LogP contribution in [0.15, 0.2) is 4.99 Å². The van der Waals surface area contributed by atoms with Crippen LogP contribution in [0.2, 0.25) is 0 Å². The Labute approximate surface area is 76.2 Å². The third kappa shape index (κ3) is 1.84. The fourth-order valence-corrected chi connectivity index (χ4v) is 2.07. The standard InChI is InChI=1S/C6H11N3S2/c1-7-5(10)9-3-4-11-6(9)8-2/h3-4H2,1-2H3,(H,7,10). The van der Waals surface area contributed by atoms with Crippen molar-refractivity contribution in [1.29, 1.82) is 0 Å². The predicted molar refractivity (Wildman–Crippen MR) is 54.2 cm³/mol. The Morgan fingerprint density at radius 1 is 1.82 bits per heavy atom. The molecule has 0 aromatic carbocycles. The summed E-state index contributed by atoms with van der Waals surface area (Å²) in [5, 5.41) is 4.71. The molecule has 1 rings (SSSR count). The van der Waals surface area contributed by atoms with Crippen LogP contribution in [0, 0.1) is 0 Å². The second-order valence-electron chi connectivity index (χ2n) is 2.06. The molecule has 1 N–H and O–H groups in total. The van der Waals surface area contributed by atoms with Gasteiger partial charge in [0.25, 0.3) is 0 Å². The Morgan fingerprint density at radius 2 is 2.55 bits per heavy atom. The summed E-state index contributed by atoms with van der Waals surface area (Å²) in [7, 11) is 3.62. The van der Waals surface area contributed by atoms with Crippen LogP contribution in [0.25, 0.3) is 0 Å². The van der Waals surface area contributed by atoms with E-state index in [0.717, 1.165) is 22.6 Å². The van der Waals surface area contributed by atoms with Gasteiger partial charge >= 0.3 is 0 Å². The topological polar surface area (TPSA) is 27.6 Å². The summed E-state index contributed by atoms with van der Waals surface area (Å²) in [6.45, 7) is 0.969. The summed E-state index contributed by atoms with van der Waals surface area (Å²) >= 11 is 6.82. The lowest BCUT2D eigenvalue weighted by Gasteiger charge is -2.17. The largest absolute Gasteiger partial charge is 0.365 e. The van der Waals surface area contributed by atoms with E-state index >= 15 is 0 Å². The first kappa shape index (κ1) is 8.80. The molecule has 11 heavy (non-hydrogen) atoms. The van der Waals surface area contributed by atoms with Crippen LogP contribution < -0.4 is 5.32 Å². The summed E-state index contributed by atoms with van der Waals surface area (Å²) in [6, 6.07) is 0. The van der Waals surface area contributed by atoms with E-state index in [0.29, 0.717) is 0 Å². The summed E-state index contributed by atoms with van der Waals surface area (Å²) in [5.41, 5.74) is 0. The molecule has 0 radical (unpaired) electrons. The molecule has 0 bridgehead atoms. The molecule has 5 heteroatoms. The van der Waals surface area contributed by atoms with E-state index < -0.39 is 0 Å². The molecule has 1 saturated heterocycles. The van der Waals surface area contributed by atoms with Crippen molar-refractivity contribution in [3.63, 3.8) is 0 Å². The van der Waals surface area contributed by atoms with Gasteiger partial charge in [0.2, 0.25) is 0 Å². The molecule has 0 unspecified atom stereocenters.